The number of hydrogen-bond acceptors (Lipinski definition) is 4. The SMILES string of the molecule is O=C(Nc1cnns1)c1cc(Br)cn1C1CC1. The zero-order chi connectivity index (χ0) is 11.8. The Morgan fingerprint density at radius 1 is 1.59 bits per heavy atom. The summed E-state index contributed by atoms with van der Waals surface area (Å²) in [5.74, 6) is -0.117. The average molecular weight is 313 g/mol. The number of nitrogens with zero attached hydrogens (tertiary/aromatic N) is 3. The highest BCUT2D eigenvalue weighted by atomic mass is 79.9. The highest BCUT2D eigenvalue weighted by Gasteiger charge is 2.27. The van der Waals surface area contributed by atoms with Gasteiger partial charge in [-0.3, -0.25) is 4.79 Å². The summed E-state index contributed by atoms with van der Waals surface area (Å²) in [5.41, 5.74) is 0.674. The quantitative estimate of drug-likeness (QED) is 0.948. The molecule has 88 valence electrons. The number of carbonyl (C=O) groups excluding carboxylic acids is 1. The minimum absolute atomic E-state index is 0.117. The Kier molecular flexibility index (Phi) is 2.71. The third-order valence-electron chi connectivity index (χ3n) is 2.59. The van der Waals surface area contributed by atoms with E-state index in [1.54, 1.807) is 6.20 Å². The van der Waals surface area contributed by atoms with Crippen LogP contribution >= 0.6 is 27.5 Å². The summed E-state index contributed by atoms with van der Waals surface area (Å²) in [4.78, 5) is 12.1. The van der Waals surface area contributed by atoms with Crippen LogP contribution in [0.5, 0.6) is 0 Å². The van der Waals surface area contributed by atoms with Gasteiger partial charge in [-0.2, -0.15) is 0 Å². The maximum Gasteiger partial charge on any atom is 0.273 e. The molecule has 1 fully saturated rings. The van der Waals surface area contributed by atoms with E-state index < -0.39 is 0 Å². The predicted octanol–water partition coefficient (Wildman–Crippen LogP) is 2.69. The monoisotopic (exact) mass is 312 g/mol. The van der Waals surface area contributed by atoms with Gasteiger partial charge >= 0.3 is 0 Å². The van der Waals surface area contributed by atoms with Crippen LogP contribution in [0, 0.1) is 0 Å². The van der Waals surface area contributed by atoms with Crippen molar-refractivity contribution >= 4 is 38.4 Å². The van der Waals surface area contributed by atoms with Gasteiger partial charge in [0.2, 0.25) is 0 Å². The molecule has 3 rings (SSSR count). The Labute approximate surface area is 110 Å². The Morgan fingerprint density at radius 2 is 2.41 bits per heavy atom. The summed E-state index contributed by atoms with van der Waals surface area (Å²) in [6.07, 6.45) is 5.78. The fourth-order valence-corrected chi connectivity index (χ4v) is 2.53. The molecule has 0 bridgehead atoms. The second-order valence-corrected chi connectivity index (χ2v) is 5.62. The number of aromatic nitrogens is 3. The van der Waals surface area contributed by atoms with Crippen molar-refractivity contribution in [1.29, 1.82) is 0 Å². The summed E-state index contributed by atoms with van der Waals surface area (Å²) in [5, 5.41) is 7.13. The van der Waals surface area contributed by atoms with E-state index in [9.17, 15) is 4.79 Å². The molecular formula is C10H9BrN4OS. The van der Waals surface area contributed by atoms with Crippen LogP contribution in [-0.2, 0) is 0 Å². The molecule has 1 saturated carbocycles. The lowest BCUT2D eigenvalue weighted by Gasteiger charge is -2.06. The number of hydrogen-bond donors (Lipinski definition) is 1. The summed E-state index contributed by atoms with van der Waals surface area (Å²) in [6.45, 7) is 0. The van der Waals surface area contributed by atoms with E-state index in [4.69, 9.17) is 0 Å². The fourth-order valence-electron chi connectivity index (χ4n) is 1.68. The third kappa shape index (κ3) is 2.25. The molecule has 0 aromatic carbocycles. The van der Waals surface area contributed by atoms with Crippen LogP contribution in [0.3, 0.4) is 0 Å². The molecule has 2 aromatic rings. The molecule has 0 unspecified atom stereocenters. The molecule has 1 amide bonds. The second kappa shape index (κ2) is 4.23. The van der Waals surface area contributed by atoms with Crippen LogP contribution in [0.15, 0.2) is 22.9 Å². The molecule has 0 atom stereocenters. The first kappa shape index (κ1) is 10.9. The largest absolute Gasteiger partial charge is 0.339 e. The van der Waals surface area contributed by atoms with Gasteiger partial charge in [0.1, 0.15) is 10.7 Å². The molecule has 1 N–H and O–H groups in total. The molecule has 0 radical (unpaired) electrons. The molecule has 1 aliphatic carbocycles. The predicted molar refractivity (Wildman–Crippen MR) is 68.3 cm³/mol. The van der Waals surface area contributed by atoms with Crippen LogP contribution < -0.4 is 5.32 Å². The lowest BCUT2D eigenvalue weighted by Crippen LogP contribution is -2.15. The fraction of sp³-hybridized carbons (Fsp3) is 0.300. The molecule has 1 aliphatic rings. The van der Waals surface area contributed by atoms with Gasteiger partial charge in [-0.05, 0) is 34.8 Å². The zero-order valence-corrected chi connectivity index (χ0v) is 11.2. The Bertz CT molecular complexity index is 547. The van der Waals surface area contributed by atoms with Gasteiger partial charge in [-0.15, -0.1) is 5.10 Å². The smallest absolute Gasteiger partial charge is 0.273 e. The Balaban J connectivity index is 1.85. The standard InChI is InChI=1S/C10H9BrN4OS/c11-6-3-8(15(5-6)7-1-2-7)10(16)13-9-4-12-14-17-9/h3-5,7H,1-2H2,(H,13,16). The molecule has 0 saturated heterocycles. The van der Waals surface area contributed by atoms with Crippen molar-refractivity contribution in [2.45, 2.75) is 18.9 Å². The lowest BCUT2D eigenvalue weighted by atomic mass is 10.4. The molecule has 17 heavy (non-hydrogen) atoms. The summed E-state index contributed by atoms with van der Waals surface area (Å²) in [6, 6.07) is 2.31. The van der Waals surface area contributed by atoms with Crippen molar-refractivity contribution in [3.8, 4) is 0 Å². The van der Waals surface area contributed by atoms with Gasteiger partial charge in [-0.25, -0.2) is 0 Å². The summed E-state index contributed by atoms with van der Waals surface area (Å²) in [7, 11) is 0. The van der Waals surface area contributed by atoms with Gasteiger partial charge in [0.25, 0.3) is 5.91 Å². The van der Waals surface area contributed by atoms with Crippen molar-refractivity contribution in [3.63, 3.8) is 0 Å². The first-order valence-electron chi connectivity index (χ1n) is 5.20. The van der Waals surface area contributed by atoms with Crippen molar-refractivity contribution in [3.05, 3.63) is 28.6 Å². The third-order valence-corrected chi connectivity index (χ3v) is 3.60. The highest BCUT2D eigenvalue weighted by molar-refractivity contribution is 9.10. The molecule has 0 spiro atoms. The van der Waals surface area contributed by atoms with Crippen LogP contribution in [0.2, 0.25) is 0 Å². The van der Waals surface area contributed by atoms with Crippen molar-refractivity contribution in [2.75, 3.05) is 5.32 Å². The van der Waals surface area contributed by atoms with E-state index in [1.165, 1.54) is 11.5 Å². The first-order valence-corrected chi connectivity index (χ1v) is 6.77. The molecule has 5 nitrogen and oxygen atoms in total. The zero-order valence-electron chi connectivity index (χ0n) is 8.76. The average Bonchev–Trinajstić information content (AvgIpc) is 2.88. The lowest BCUT2D eigenvalue weighted by molar-refractivity contribution is 0.101. The van der Waals surface area contributed by atoms with Gasteiger partial charge in [-0.1, -0.05) is 4.49 Å². The maximum atomic E-state index is 12.1. The normalized spacial score (nSPS) is 14.9. The van der Waals surface area contributed by atoms with Gasteiger partial charge in [0, 0.05) is 28.2 Å². The number of carbonyl (C=O) groups is 1. The number of rotatable bonds is 3. The van der Waals surface area contributed by atoms with E-state index >= 15 is 0 Å². The number of anilines is 1. The second-order valence-electron chi connectivity index (χ2n) is 3.92. The minimum atomic E-state index is -0.117. The van der Waals surface area contributed by atoms with E-state index in [2.05, 4.69) is 30.8 Å². The number of halogens is 1. The first-order chi connectivity index (χ1) is 8.24. The topological polar surface area (TPSA) is 59.8 Å². The highest BCUT2D eigenvalue weighted by Crippen LogP contribution is 2.37. The Hall–Kier alpha value is -1.21. The van der Waals surface area contributed by atoms with E-state index in [0.29, 0.717) is 16.7 Å². The van der Waals surface area contributed by atoms with Crippen molar-refractivity contribution in [2.24, 2.45) is 0 Å². The molecule has 0 aliphatic heterocycles. The van der Waals surface area contributed by atoms with Crippen LogP contribution in [0.25, 0.3) is 0 Å². The van der Waals surface area contributed by atoms with Crippen LogP contribution in [-0.4, -0.2) is 20.1 Å². The molecule has 2 heterocycles. The minimum Gasteiger partial charge on any atom is -0.339 e. The van der Waals surface area contributed by atoms with Crippen LogP contribution in [0.4, 0.5) is 5.00 Å². The molecule has 7 heteroatoms. The van der Waals surface area contributed by atoms with Gasteiger partial charge < -0.3 is 9.88 Å². The Morgan fingerprint density at radius 3 is 3.06 bits per heavy atom. The van der Waals surface area contributed by atoms with E-state index in [1.807, 2.05) is 16.8 Å². The van der Waals surface area contributed by atoms with E-state index in [-0.39, 0.29) is 5.91 Å². The summed E-state index contributed by atoms with van der Waals surface area (Å²) >= 11 is 4.57. The van der Waals surface area contributed by atoms with Crippen molar-refractivity contribution < 1.29 is 4.79 Å². The van der Waals surface area contributed by atoms with Crippen molar-refractivity contribution in [1.82, 2.24) is 14.2 Å². The van der Waals surface area contributed by atoms with Crippen LogP contribution in [0.1, 0.15) is 29.4 Å². The number of amides is 1. The number of nitrogens with one attached hydrogen (secondary N) is 1. The van der Waals surface area contributed by atoms with E-state index in [0.717, 1.165) is 17.3 Å². The maximum absolute atomic E-state index is 12.1. The van der Waals surface area contributed by atoms with Gasteiger partial charge in [0.05, 0.1) is 6.20 Å². The molecule has 2 aromatic heterocycles. The summed E-state index contributed by atoms with van der Waals surface area (Å²) < 4.78 is 6.65. The van der Waals surface area contributed by atoms with Gasteiger partial charge in [0.15, 0.2) is 0 Å². The molecular weight excluding hydrogens is 304 g/mol.